The second-order valence-electron chi connectivity index (χ2n) is 9.26. The first-order valence-electron chi connectivity index (χ1n) is 12.4. The molecule has 2 saturated heterocycles. The largest absolute Gasteiger partial charge is 0.507 e. The maximum atomic E-state index is 13.2. The molecule has 2 aromatic rings. The molecule has 0 unspecified atom stereocenters. The van der Waals surface area contributed by atoms with Crippen LogP contribution in [0.2, 0.25) is 0 Å². The molecule has 1 N–H and O–H groups in total. The molecule has 8 heteroatoms. The average molecular weight is 495 g/mol. The van der Waals surface area contributed by atoms with E-state index in [1.54, 1.807) is 48.4 Å². The Kier molecular flexibility index (Phi) is 8.28. The first kappa shape index (κ1) is 25.7. The number of benzene rings is 2. The molecule has 2 aliphatic heterocycles. The minimum atomic E-state index is -0.688. The van der Waals surface area contributed by atoms with Gasteiger partial charge in [0.1, 0.15) is 17.3 Å². The molecule has 0 saturated carbocycles. The maximum Gasteiger partial charge on any atom is 0.295 e. The number of likely N-dealkylation sites (tertiary alicyclic amines) is 1. The number of amides is 1. The zero-order valence-corrected chi connectivity index (χ0v) is 21.1. The van der Waals surface area contributed by atoms with Gasteiger partial charge in [-0.1, -0.05) is 12.1 Å². The van der Waals surface area contributed by atoms with E-state index in [0.717, 1.165) is 25.2 Å². The van der Waals surface area contributed by atoms with E-state index in [0.29, 0.717) is 43.2 Å². The van der Waals surface area contributed by atoms with Crippen LogP contribution in [0.1, 0.15) is 37.4 Å². The van der Waals surface area contributed by atoms with Crippen LogP contribution in [-0.2, 0) is 14.3 Å². The van der Waals surface area contributed by atoms with Gasteiger partial charge in [0, 0.05) is 31.7 Å². The molecule has 36 heavy (non-hydrogen) atoms. The third-order valence-electron chi connectivity index (χ3n) is 6.45. The predicted octanol–water partition coefficient (Wildman–Crippen LogP) is 3.63. The van der Waals surface area contributed by atoms with Crippen LogP contribution in [0.4, 0.5) is 0 Å². The van der Waals surface area contributed by atoms with Crippen molar-refractivity contribution in [1.82, 2.24) is 9.80 Å². The van der Waals surface area contributed by atoms with Crippen LogP contribution in [-0.4, -0.2) is 79.2 Å². The lowest BCUT2D eigenvalue weighted by molar-refractivity contribution is -0.140. The average Bonchev–Trinajstić information content (AvgIpc) is 3.14. The number of rotatable bonds is 9. The molecule has 2 heterocycles. The molecule has 2 aromatic carbocycles. The summed E-state index contributed by atoms with van der Waals surface area (Å²) >= 11 is 0. The zero-order valence-electron chi connectivity index (χ0n) is 21.1. The highest BCUT2D eigenvalue weighted by atomic mass is 16.5. The molecule has 8 nitrogen and oxygen atoms in total. The lowest BCUT2D eigenvalue weighted by Gasteiger charge is -2.29. The summed E-state index contributed by atoms with van der Waals surface area (Å²) < 4.78 is 16.4. The summed E-state index contributed by atoms with van der Waals surface area (Å²) in [7, 11) is 1.58. The second-order valence-corrected chi connectivity index (χ2v) is 9.26. The maximum absolute atomic E-state index is 13.2. The molecule has 192 valence electrons. The second kappa shape index (κ2) is 11.6. The van der Waals surface area contributed by atoms with Crippen LogP contribution >= 0.6 is 0 Å². The lowest BCUT2D eigenvalue weighted by atomic mass is 9.95. The Labute approximate surface area is 212 Å². The summed E-state index contributed by atoms with van der Waals surface area (Å²) in [6, 6.07) is 13.4. The minimum Gasteiger partial charge on any atom is -0.507 e. The van der Waals surface area contributed by atoms with E-state index in [1.165, 1.54) is 0 Å². The molecule has 1 atom stereocenters. The number of methoxy groups -OCH3 is 1. The van der Waals surface area contributed by atoms with Crippen LogP contribution in [0, 0.1) is 0 Å². The first-order valence-corrected chi connectivity index (χ1v) is 12.4. The van der Waals surface area contributed by atoms with Crippen molar-refractivity contribution in [3.8, 4) is 11.5 Å². The quantitative estimate of drug-likeness (QED) is 0.324. The SMILES string of the molecule is COc1ccc([C@H]2/C(=C(\O)c3ccc(OC(C)C)cc3)C(=O)C(=O)N2CCCN2CCOCC2)cc1. The lowest BCUT2D eigenvalue weighted by Crippen LogP contribution is -2.38. The van der Waals surface area contributed by atoms with E-state index >= 15 is 0 Å². The van der Waals surface area contributed by atoms with Gasteiger partial charge in [-0.15, -0.1) is 0 Å². The van der Waals surface area contributed by atoms with Gasteiger partial charge in [-0.05, 0) is 62.2 Å². The van der Waals surface area contributed by atoms with Crippen LogP contribution in [0.25, 0.3) is 5.76 Å². The van der Waals surface area contributed by atoms with Gasteiger partial charge in [0.15, 0.2) is 0 Å². The Hall–Kier alpha value is -3.36. The Morgan fingerprint density at radius 3 is 2.25 bits per heavy atom. The first-order chi connectivity index (χ1) is 17.4. The Bertz CT molecular complexity index is 1090. The number of hydrogen-bond acceptors (Lipinski definition) is 7. The van der Waals surface area contributed by atoms with E-state index in [4.69, 9.17) is 14.2 Å². The zero-order chi connectivity index (χ0) is 25.7. The van der Waals surface area contributed by atoms with Crippen molar-refractivity contribution in [2.75, 3.05) is 46.5 Å². The van der Waals surface area contributed by atoms with Crippen LogP contribution in [0.5, 0.6) is 11.5 Å². The van der Waals surface area contributed by atoms with E-state index in [1.807, 2.05) is 26.0 Å². The summed E-state index contributed by atoms with van der Waals surface area (Å²) in [5.41, 5.74) is 1.28. The summed E-state index contributed by atoms with van der Waals surface area (Å²) in [6.45, 7) is 8.20. The van der Waals surface area contributed by atoms with Crippen LogP contribution < -0.4 is 9.47 Å². The molecular weight excluding hydrogens is 460 g/mol. The van der Waals surface area contributed by atoms with Crippen LogP contribution in [0.3, 0.4) is 0 Å². The number of morpholine rings is 1. The number of carbonyl (C=O) groups excluding carboxylic acids is 2. The molecule has 0 spiro atoms. The van der Waals surface area contributed by atoms with Gasteiger partial charge in [0.25, 0.3) is 11.7 Å². The van der Waals surface area contributed by atoms with Crippen molar-refractivity contribution in [1.29, 1.82) is 0 Å². The number of carbonyl (C=O) groups is 2. The molecule has 0 aliphatic carbocycles. The highest BCUT2D eigenvalue weighted by Gasteiger charge is 2.45. The number of ether oxygens (including phenoxy) is 3. The van der Waals surface area contributed by atoms with Crippen LogP contribution in [0.15, 0.2) is 54.1 Å². The van der Waals surface area contributed by atoms with Crippen molar-refractivity contribution in [2.24, 2.45) is 0 Å². The third kappa shape index (κ3) is 5.71. The molecule has 0 bridgehead atoms. The molecule has 0 aromatic heterocycles. The Morgan fingerprint density at radius 2 is 1.64 bits per heavy atom. The standard InChI is InChI=1S/C28H34N2O6/c1-19(2)36-23-11-7-21(8-12-23)26(31)24-25(20-5-9-22(34-3)10-6-20)30(28(33)27(24)32)14-4-13-29-15-17-35-18-16-29/h5-12,19,25,31H,4,13-18H2,1-3H3/b26-24+/t25-/m0/s1. The van der Waals surface area contributed by atoms with Gasteiger partial charge in [-0.2, -0.15) is 0 Å². The number of aliphatic hydroxyl groups is 1. The summed E-state index contributed by atoms with van der Waals surface area (Å²) in [6.07, 6.45) is 0.725. The predicted molar refractivity (Wildman–Crippen MR) is 136 cm³/mol. The van der Waals surface area contributed by atoms with Gasteiger partial charge >= 0.3 is 0 Å². The van der Waals surface area contributed by atoms with E-state index in [-0.39, 0.29) is 17.4 Å². The molecule has 0 radical (unpaired) electrons. The molecular formula is C28H34N2O6. The monoisotopic (exact) mass is 494 g/mol. The smallest absolute Gasteiger partial charge is 0.295 e. The highest BCUT2D eigenvalue weighted by molar-refractivity contribution is 6.46. The fourth-order valence-electron chi connectivity index (χ4n) is 4.65. The van der Waals surface area contributed by atoms with Crippen molar-refractivity contribution < 1.29 is 28.9 Å². The van der Waals surface area contributed by atoms with Gasteiger partial charge in [-0.3, -0.25) is 14.5 Å². The van der Waals surface area contributed by atoms with Gasteiger partial charge in [0.2, 0.25) is 0 Å². The Balaban J connectivity index is 1.65. The fraction of sp³-hybridized carbons (Fsp3) is 0.429. The van der Waals surface area contributed by atoms with Gasteiger partial charge < -0.3 is 24.2 Å². The van der Waals surface area contributed by atoms with Gasteiger partial charge in [-0.25, -0.2) is 0 Å². The number of aliphatic hydroxyl groups excluding tert-OH is 1. The molecule has 2 fully saturated rings. The summed E-state index contributed by atoms with van der Waals surface area (Å²) in [5, 5.41) is 11.3. The topological polar surface area (TPSA) is 88.5 Å². The molecule has 4 rings (SSSR count). The molecule has 2 aliphatic rings. The Morgan fingerprint density at radius 1 is 1.00 bits per heavy atom. The van der Waals surface area contributed by atoms with Gasteiger partial charge in [0.05, 0.1) is 38.0 Å². The van der Waals surface area contributed by atoms with E-state index in [9.17, 15) is 14.7 Å². The third-order valence-corrected chi connectivity index (χ3v) is 6.45. The number of Topliss-reactive ketones (excluding diaryl/α,β-unsaturated/α-hetero) is 1. The normalized spacial score (nSPS) is 20.2. The number of ketones is 1. The number of nitrogens with zero attached hydrogens (tertiary/aromatic N) is 2. The number of hydrogen-bond donors (Lipinski definition) is 1. The van der Waals surface area contributed by atoms with E-state index in [2.05, 4.69) is 4.90 Å². The summed E-state index contributed by atoms with van der Waals surface area (Å²) in [5.74, 6) is -0.136. The highest BCUT2D eigenvalue weighted by Crippen LogP contribution is 2.40. The van der Waals surface area contributed by atoms with Crippen molar-refractivity contribution in [3.63, 3.8) is 0 Å². The fourth-order valence-corrected chi connectivity index (χ4v) is 4.65. The van der Waals surface area contributed by atoms with Crippen molar-refractivity contribution in [3.05, 3.63) is 65.2 Å². The minimum absolute atomic E-state index is 0.0160. The van der Waals surface area contributed by atoms with Crippen molar-refractivity contribution >= 4 is 17.4 Å². The summed E-state index contributed by atoms with van der Waals surface area (Å²) in [4.78, 5) is 30.3. The molecule has 1 amide bonds. The van der Waals surface area contributed by atoms with Crippen molar-refractivity contribution in [2.45, 2.75) is 32.4 Å². The van der Waals surface area contributed by atoms with E-state index < -0.39 is 17.7 Å².